The van der Waals surface area contributed by atoms with Gasteiger partial charge in [0.25, 0.3) is 0 Å². The van der Waals surface area contributed by atoms with E-state index >= 15 is 0 Å². The van der Waals surface area contributed by atoms with Gasteiger partial charge >= 0.3 is 0 Å². The Morgan fingerprint density at radius 2 is 2.50 bits per heavy atom. The van der Waals surface area contributed by atoms with Crippen molar-refractivity contribution in [2.24, 2.45) is 0 Å². The van der Waals surface area contributed by atoms with Gasteiger partial charge in [-0.3, -0.25) is 0 Å². The van der Waals surface area contributed by atoms with E-state index in [1.54, 1.807) is 13.4 Å². The van der Waals surface area contributed by atoms with E-state index in [1.165, 1.54) is 5.75 Å². The van der Waals surface area contributed by atoms with Gasteiger partial charge in [0.2, 0.25) is 5.88 Å². The maximum Gasteiger partial charge on any atom is 0.216 e. The van der Waals surface area contributed by atoms with Crippen molar-refractivity contribution in [3.8, 4) is 5.88 Å². The van der Waals surface area contributed by atoms with Gasteiger partial charge in [0, 0.05) is 24.1 Å². The van der Waals surface area contributed by atoms with Crippen LogP contribution in [0.4, 0.5) is 0 Å². The molecule has 0 bridgehead atoms. The van der Waals surface area contributed by atoms with Gasteiger partial charge in [0.05, 0.1) is 18.8 Å². The summed E-state index contributed by atoms with van der Waals surface area (Å²) in [7, 11) is 1.62. The number of methoxy groups -OCH3 is 1. The number of aromatic nitrogens is 2. The molecule has 0 amide bonds. The molecule has 1 fully saturated rings. The van der Waals surface area contributed by atoms with Gasteiger partial charge in [0.1, 0.15) is 6.33 Å². The smallest absolute Gasteiger partial charge is 0.216 e. The van der Waals surface area contributed by atoms with Crippen LogP contribution in [-0.4, -0.2) is 35.1 Å². The molecule has 1 saturated heterocycles. The Hall–Kier alpha value is -0.810. The number of nitrogens with one attached hydrogen (secondary N) is 1. The summed E-state index contributed by atoms with van der Waals surface area (Å²) in [5.74, 6) is 2.88. The Balaban J connectivity index is 2.13. The fraction of sp³-hybridized carbons (Fsp3) is 0.556. The van der Waals surface area contributed by atoms with Crippen LogP contribution in [0.15, 0.2) is 12.4 Å². The number of hydrogen-bond acceptors (Lipinski definition) is 5. The first-order valence-corrected chi connectivity index (χ1v) is 5.72. The molecule has 0 radical (unpaired) electrons. The van der Waals surface area contributed by atoms with Crippen molar-refractivity contribution in [1.29, 1.82) is 0 Å². The van der Waals surface area contributed by atoms with Crippen molar-refractivity contribution >= 4 is 11.8 Å². The van der Waals surface area contributed by atoms with Crippen LogP contribution in [-0.2, 0) is 0 Å². The van der Waals surface area contributed by atoms with Gasteiger partial charge in [-0.2, -0.15) is 11.8 Å². The van der Waals surface area contributed by atoms with E-state index in [0.717, 1.165) is 18.0 Å². The van der Waals surface area contributed by atoms with Crippen molar-refractivity contribution < 1.29 is 4.74 Å². The highest BCUT2D eigenvalue weighted by molar-refractivity contribution is 7.99. The molecule has 1 N–H and O–H groups in total. The molecule has 76 valence electrons. The van der Waals surface area contributed by atoms with E-state index < -0.39 is 0 Å². The van der Waals surface area contributed by atoms with E-state index in [1.807, 2.05) is 17.8 Å². The summed E-state index contributed by atoms with van der Waals surface area (Å²) in [5, 5.41) is 3.42. The predicted octanol–water partition coefficient (Wildman–Crippen LogP) is 0.863. The SMILES string of the molecule is COc1cc(C2CSCCN2)ncn1. The fourth-order valence-electron chi connectivity index (χ4n) is 1.41. The molecule has 1 unspecified atom stereocenters. The molecule has 5 heteroatoms. The summed E-state index contributed by atoms with van der Waals surface area (Å²) in [5.41, 5.74) is 1.02. The molecule has 4 nitrogen and oxygen atoms in total. The predicted molar refractivity (Wildman–Crippen MR) is 56.7 cm³/mol. The fourth-order valence-corrected chi connectivity index (χ4v) is 2.36. The Morgan fingerprint density at radius 3 is 3.21 bits per heavy atom. The van der Waals surface area contributed by atoms with Gasteiger partial charge in [-0.1, -0.05) is 0 Å². The lowest BCUT2D eigenvalue weighted by molar-refractivity contribution is 0.394. The second-order valence-corrected chi connectivity index (χ2v) is 4.22. The van der Waals surface area contributed by atoms with Gasteiger partial charge in [-0.15, -0.1) is 0 Å². The van der Waals surface area contributed by atoms with E-state index in [9.17, 15) is 0 Å². The van der Waals surface area contributed by atoms with E-state index in [-0.39, 0.29) is 0 Å². The summed E-state index contributed by atoms with van der Waals surface area (Å²) in [4.78, 5) is 8.23. The lowest BCUT2D eigenvalue weighted by atomic mass is 10.2. The molecule has 0 saturated carbocycles. The molecule has 2 heterocycles. The normalized spacial score (nSPS) is 21.9. The second kappa shape index (κ2) is 4.61. The van der Waals surface area contributed by atoms with Crippen LogP contribution in [0.25, 0.3) is 0 Å². The first-order valence-electron chi connectivity index (χ1n) is 4.57. The summed E-state index contributed by atoms with van der Waals surface area (Å²) in [6.45, 7) is 1.04. The third kappa shape index (κ3) is 2.16. The molecule has 0 aromatic carbocycles. The van der Waals surface area contributed by atoms with Crippen LogP contribution in [0, 0.1) is 0 Å². The molecule has 2 rings (SSSR count). The number of nitrogens with zero attached hydrogens (tertiary/aromatic N) is 2. The Bertz CT molecular complexity index is 302. The van der Waals surface area contributed by atoms with Gasteiger partial charge in [0.15, 0.2) is 0 Å². The first-order chi connectivity index (χ1) is 6.90. The number of thioether (sulfide) groups is 1. The highest BCUT2D eigenvalue weighted by atomic mass is 32.2. The zero-order valence-corrected chi connectivity index (χ0v) is 8.88. The molecule has 1 aliphatic rings. The molecule has 1 aliphatic heterocycles. The molecule has 1 aromatic heterocycles. The van der Waals surface area contributed by atoms with E-state index in [2.05, 4.69) is 15.3 Å². The van der Waals surface area contributed by atoms with Crippen molar-refractivity contribution in [1.82, 2.24) is 15.3 Å². The van der Waals surface area contributed by atoms with Gasteiger partial charge in [-0.05, 0) is 0 Å². The minimum atomic E-state index is 0.339. The number of rotatable bonds is 2. The van der Waals surface area contributed by atoms with Crippen molar-refractivity contribution in [3.05, 3.63) is 18.1 Å². The summed E-state index contributed by atoms with van der Waals surface area (Å²) < 4.78 is 5.06. The molecular weight excluding hydrogens is 198 g/mol. The molecule has 14 heavy (non-hydrogen) atoms. The Kier molecular flexibility index (Phi) is 3.21. The standard InChI is InChI=1S/C9H13N3OS/c1-13-9-4-7(11-6-12-9)8-5-14-3-2-10-8/h4,6,8,10H,2-3,5H2,1H3. The summed E-state index contributed by atoms with van der Waals surface area (Å²) in [6.07, 6.45) is 1.55. The summed E-state index contributed by atoms with van der Waals surface area (Å²) in [6, 6.07) is 2.23. The second-order valence-electron chi connectivity index (χ2n) is 3.07. The van der Waals surface area contributed by atoms with Crippen LogP contribution in [0.3, 0.4) is 0 Å². The maximum atomic E-state index is 5.06. The highest BCUT2D eigenvalue weighted by Crippen LogP contribution is 2.21. The lowest BCUT2D eigenvalue weighted by Crippen LogP contribution is -2.30. The minimum Gasteiger partial charge on any atom is -0.481 e. The zero-order valence-electron chi connectivity index (χ0n) is 8.06. The van der Waals surface area contributed by atoms with Crippen LogP contribution >= 0.6 is 11.8 Å². The highest BCUT2D eigenvalue weighted by Gasteiger charge is 2.16. The monoisotopic (exact) mass is 211 g/mol. The third-order valence-electron chi connectivity index (χ3n) is 2.15. The average Bonchev–Trinajstić information content (AvgIpc) is 2.30. The van der Waals surface area contributed by atoms with Crippen LogP contribution in [0.1, 0.15) is 11.7 Å². The third-order valence-corrected chi connectivity index (χ3v) is 3.21. The number of ether oxygens (including phenoxy) is 1. The average molecular weight is 211 g/mol. The maximum absolute atomic E-state index is 5.06. The summed E-state index contributed by atoms with van der Waals surface area (Å²) >= 11 is 1.95. The van der Waals surface area contributed by atoms with Gasteiger partial charge in [-0.25, -0.2) is 9.97 Å². The largest absolute Gasteiger partial charge is 0.481 e. The minimum absolute atomic E-state index is 0.339. The van der Waals surface area contributed by atoms with Crippen molar-refractivity contribution in [3.63, 3.8) is 0 Å². The first kappa shape index (κ1) is 9.73. The van der Waals surface area contributed by atoms with Gasteiger partial charge < -0.3 is 10.1 Å². The molecule has 0 spiro atoms. The topological polar surface area (TPSA) is 47.0 Å². The molecule has 1 atom stereocenters. The van der Waals surface area contributed by atoms with Crippen LogP contribution in [0.5, 0.6) is 5.88 Å². The van der Waals surface area contributed by atoms with E-state index in [4.69, 9.17) is 4.74 Å². The van der Waals surface area contributed by atoms with Crippen LogP contribution in [0.2, 0.25) is 0 Å². The van der Waals surface area contributed by atoms with E-state index in [0.29, 0.717) is 11.9 Å². The number of hydrogen-bond donors (Lipinski definition) is 1. The Labute approximate surface area is 87.5 Å². The quantitative estimate of drug-likeness (QED) is 0.786. The Morgan fingerprint density at radius 1 is 1.57 bits per heavy atom. The molecular formula is C9H13N3OS. The van der Waals surface area contributed by atoms with Crippen molar-refractivity contribution in [2.75, 3.05) is 25.2 Å². The molecule has 1 aromatic rings. The zero-order chi connectivity index (χ0) is 9.80. The lowest BCUT2D eigenvalue weighted by Gasteiger charge is -2.22. The molecule has 0 aliphatic carbocycles. The van der Waals surface area contributed by atoms with Crippen molar-refractivity contribution in [2.45, 2.75) is 6.04 Å². The van der Waals surface area contributed by atoms with Crippen LogP contribution < -0.4 is 10.1 Å².